The molecule has 0 saturated carbocycles. The monoisotopic (exact) mass is 294 g/mol. The van der Waals surface area contributed by atoms with Gasteiger partial charge in [-0.2, -0.15) is 0 Å². The summed E-state index contributed by atoms with van der Waals surface area (Å²) in [6.45, 7) is 0.0793. The fraction of sp³-hybridized carbons (Fsp3) is 0.154. The largest absolute Gasteiger partial charge is 0.438 e. The number of halogens is 1. The Morgan fingerprint density at radius 3 is 2.60 bits per heavy atom. The minimum atomic E-state index is -0.577. The summed E-state index contributed by atoms with van der Waals surface area (Å²) in [5, 5.41) is 19.5. The van der Waals surface area contributed by atoms with E-state index < -0.39 is 4.92 Å². The van der Waals surface area contributed by atoms with Crippen LogP contribution in [0.15, 0.2) is 36.5 Å². The Kier molecular flexibility index (Phi) is 4.49. The Hall–Kier alpha value is -2.18. The molecule has 2 rings (SSSR count). The number of nitro groups is 1. The first kappa shape index (κ1) is 14.2. The predicted octanol–water partition coefficient (Wildman–Crippen LogP) is 2.97. The van der Waals surface area contributed by atoms with Gasteiger partial charge in [0.15, 0.2) is 0 Å². The van der Waals surface area contributed by atoms with Crippen molar-refractivity contribution in [1.29, 1.82) is 0 Å². The summed E-state index contributed by atoms with van der Waals surface area (Å²) in [6, 6.07) is 8.23. The summed E-state index contributed by atoms with van der Waals surface area (Å²) in [5.41, 5.74) is 0.781. The lowest BCUT2D eigenvalue weighted by molar-refractivity contribution is -0.385. The quantitative estimate of drug-likeness (QED) is 0.677. The zero-order valence-corrected chi connectivity index (χ0v) is 11.1. The van der Waals surface area contributed by atoms with Gasteiger partial charge in [-0.3, -0.25) is 10.1 Å². The average Bonchev–Trinajstić information content (AvgIpc) is 2.43. The van der Waals surface area contributed by atoms with Gasteiger partial charge in [0.1, 0.15) is 17.0 Å². The van der Waals surface area contributed by atoms with Crippen molar-refractivity contribution in [1.82, 2.24) is 4.98 Å². The molecule has 6 nitrogen and oxygen atoms in total. The molecule has 0 atom stereocenters. The fourth-order valence-corrected chi connectivity index (χ4v) is 1.75. The SMILES string of the molecule is O=[N+]([O-])c1cnc(Oc2ccc(CCO)cc2)c(Cl)c1. The first-order chi connectivity index (χ1) is 9.60. The third kappa shape index (κ3) is 3.43. The van der Waals surface area contributed by atoms with Gasteiger partial charge < -0.3 is 9.84 Å². The maximum atomic E-state index is 10.6. The van der Waals surface area contributed by atoms with Crippen LogP contribution < -0.4 is 4.74 Å². The molecule has 1 N–H and O–H groups in total. The molecule has 0 aliphatic heterocycles. The zero-order valence-electron chi connectivity index (χ0n) is 10.3. The molecule has 1 aromatic carbocycles. The van der Waals surface area contributed by atoms with Crippen LogP contribution in [-0.2, 0) is 6.42 Å². The smallest absolute Gasteiger partial charge is 0.289 e. The first-order valence-corrected chi connectivity index (χ1v) is 6.15. The summed E-state index contributed by atoms with van der Waals surface area (Å²) in [7, 11) is 0. The van der Waals surface area contributed by atoms with E-state index in [0.29, 0.717) is 12.2 Å². The molecule has 0 spiro atoms. The summed E-state index contributed by atoms with van der Waals surface area (Å²) in [4.78, 5) is 13.8. The molecule has 0 saturated heterocycles. The van der Waals surface area contributed by atoms with Crippen LogP contribution in [0.25, 0.3) is 0 Å². The van der Waals surface area contributed by atoms with Gasteiger partial charge in [-0.15, -0.1) is 0 Å². The van der Waals surface area contributed by atoms with Gasteiger partial charge >= 0.3 is 0 Å². The van der Waals surface area contributed by atoms with Gasteiger partial charge in [0.25, 0.3) is 5.69 Å². The average molecular weight is 295 g/mol. The molecule has 7 heteroatoms. The summed E-state index contributed by atoms with van der Waals surface area (Å²) in [6.07, 6.45) is 1.65. The van der Waals surface area contributed by atoms with Gasteiger partial charge in [-0.1, -0.05) is 23.7 Å². The molecular weight excluding hydrogens is 284 g/mol. The Morgan fingerprint density at radius 2 is 2.05 bits per heavy atom. The van der Waals surface area contributed by atoms with Gasteiger partial charge in [0.05, 0.1) is 4.92 Å². The molecule has 0 unspecified atom stereocenters. The highest BCUT2D eigenvalue weighted by molar-refractivity contribution is 6.32. The van der Waals surface area contributed by atoms with Gasteiger partial charge in [-0.05, 0) is 24.1 Å². The third-order valence-electron chi connectivity index (χ3n) is 2.54. The van der Waals surface area contributed by atoms with Crippen molar-refractivity contribution in [2.45, 2.75) is 6.42 Å². The van der Waals surface area contributed by atoms with Gasteiger partial charge in [-0.25, -0.2) is 4.98 Å². The lowest BCUT2D eigenvalue weighted by Crippen LogP contribution is -1.94. The van der Waals surface area contributed by atoms with E-state index in [0.717, 1.165) is 11.8 Å². The molecule has 0 aliphatic carbocycles. The molecule has 2 aromatic rings. The van der Waals surface area contributed by atoms with Crippen LogP contribution >= 0.6 is 11.6 Å². The molecular formula is C13H11ClN2O4. The Bertz CT molecular complexity index is 616. The molecule has 0 fully saturated rings. The molecule has 1 aromatic heterocycles. The number of rotatable bonds is 5. The van der Waals surface area contributed by atoms with Crippen LogP contribution in [0.1, 0.15) is 5.56 Å². The van der Waals surface area contributed by atoms with E-state index in [1.165, 1.54) is 6.07 Å². The number of aliphatic hydroxyl groups is 1. The second kappa shape index (κ2) is 6.31. The highest BCUT2D eigenvalue weighted by atomic mass is 35.5. The molecule has 20 heavy (non-hydrogen) atoms. The zero-order chi connectivity index (χ0) is 14.5. The van der Waals surface area contributed by atoms with Crippen LogP contribution in [-0.4, -0.2) is 21.6 Å². The van der Waals surface area contributed by atoms with Crippen molar-refractivity contribution in [3.63, 3.8) is 0 Å². The van der Waals surface area contributed by atoms with Crippen molar-refractivity contribution in [2.24, 2.45) is 0 Å². The second-order valence-corrected chi connectivity index (χ2v) is 4.36. The van der Waals surface area contributed by atoms with Crippen molar-refractivity contribution in [3.05, 3.63) is 57.2 Å². The maximum Gasteiger partial charge on any atom is 0.289 e. The van der Waals surface area contributed by atoms with Crippen LogP contribution in [0.4, 0.5) is 5.69 Å². The highest BCUT2D eigenvalue weighted by Crippen LogP contribution is 2.29. The van der Waals surface area contributed by atoms with E-state index in [-0.39, 0.29) is 23.2 Å². The minimum absolute atomic E-state index is 0.0682. The van der Waals surface area contributed by atoms with Gasteiger partial charge in [0.2, 0.25) is 5.88 Å². The molecule has 0 amide bonds. The van der Waals surface area contributed by atoms with Crippen molar-refractivity contribution in [3.8, 4) is 11.6 Å². The Balaban J connectivity index is 2.15. The second-order valence-electron chi connectivity index (χ2n) is 3.96. The molecule has 1 heterocycles. The van der Waals surface area contributed by atoms with Crippen molar-refractivity contribution in [2.75, 3.05) is 6.61 Å². The summed E-state index contributed by atoms with van der Waals surface area (Å²) in [5.74, 6) is 0.613. The predicted molar refractivity (Wildman–Crippen MR) is 73.2 cm³/mol. The van der Waals surface area contributed by atoms with Crippen LogP contribution in [0, 0.1) is 10.1 Å². The van der Waals surface area contributed by atoms with E-state index in [1.807, 2.05) is 12.1 Å². The van der Waals surface area contributed by atoms with E-state index in [2.05, 4.69) is 4.98 Å². The number of hydrogen-bond acceptors (Lipinski definition) is 5. The van der Waals surface area contributed by atoms with E-state index in [9.17, 15) is 10.1 Å². The van der Waals surface area contributed by atoms with Crippen molar-refractivity contribution >= 4 is 17.3 Å². The van der Waals surface area contributed by atoms with Crippen LogP contribution in [0.2, 0.25) is 5.02 Å². The third-order valence-corrected chi connectivity index (χ3v) is 2.81. The van der Waals surface area contributed by atoms with E-state index in [1.54, 1.807) is 12.1 Å². The Morgan fingerprint density at radius 1 is 1.35 bits per heavy atom. The number of aromatic nitrogens is 1. The Labute approximate surface area is 119 Å². The number of ether oxygens (including phenoxy) is 1. The molecule has 104 valence electrons. The summed E-state index contributed by atoms with van der Waals surface area (Å²) >= 11 is 5.88. The normalized spacial score (nSPS) is 10.3. The lowest BCUT2D eigenvalue weighted by atomic mass is 10.1. The molecule has 0 bridgehead atoms. The minimum Gasteiger partial charge on any atom is -0.438 e. The maximum absolute atomic E-state index is 10.6. The lowest BCUT2D eigenvalue weighted by Gasteiger charge is -2.06. The highest BCUT2D eigenvalue weighted by Gasteiger charge is 2.12. The molecule has 0 radical (unpaired) electrons. The topological polar surface area (TPSA) is 85.5 Å². The van der Waals surface area contributed by atoms with E-state index in [4.69, 9.17) is 21.4 Å². The number of aliphatic hydroxyl groups excluding tert-OH is 1. The van der Waals surface area contributed by atoms with Crippen molar-refractivity contribution < 1.29 is 14.8 Å². The summed E-state index contributed by atoms with van der Waals surface area (Å²) < 4.78 is 5.45. The van der Waals surface area contributed by atoms with Gasteiger partial charge in [0, 0.05) is 12.7 Å². The fourth-order valence-electron chi connectivity index (χ4n) is 1.56. The molecule has 0 aliphatic rings. The standard InChI is InChI=1S/C13H11ClN2O4/c14-12-7-10(16(18)19)8-15-13(12)20-11-3-1-9(2-4-11)5-6-17/h1-4,7-8,17H,5-6H2. The number of pyridine rings is 1. The number of hydrogen-bond donors (Lipinski definition) is 1. The van der Waals surface area contributed by atoms with Crippen LogP contribution in [0.5, 0.6) is 11.6 Å². The first-order valence-electron chi connectivity index (χ1n) is 5.77. The van der Waals surface area contributed by atoms with Crippen LogP contribution in [0.3, 0.4) is 0 Å². The number of nitrogens with zero attached hydrogens (tertiary/aromatic N) is 2. The number of benzene rings is 1. The van der Waals surface area contributed by atoms with E-state index >= 15 is 0 Å².